The van der Waals surface area contributed by atoms with Crippen molar-refractivity contribution >= 4 is 91.7 Å². The zero-order chi connectivity index (χ0) is 24.9. The molecule has 0 spiro atoms. The topological polar surface area (TPSA) is 241 Å². The van der Waals surface area contributed by atoms with Gasteiger partial charge in [0, 0.05) is 39.2 Å². The summed E-state index contributed by atoms with van der Waals surface area (Å²) in [4.78, 5) is -3.42. The summed E-state index contributed by atoms with van der Waals surface area (Å²) in [6.07, 6.45) is 0. The van der Waals surface area contributed by atoms with Gasteiger partial charge in [-0.1, -0.05) is 0 Å². The molecule has 0 bridgehead atoms. The Bertz CT molecular complexity index is 1030. The summed E-state index contributed by atoms with van der Waals surface area (Å²) in [5.74, 6) is 0. The molecule has 6 unspecified atom stereocenters. The van der Waals surface area contributed by atoms with Crippen molar-refractivity contribution in [1.29, 1.82) is 0 Å². The summed E-state index contributed by atoms with van der Waals surface area (Å²) in [6, 6.07) is 3.30. The third kappa shape index (κ3) is 12.2. The van der Waals surface area contributed by atoms with Crippen LogP contribution >= 0.6 is 25.3 Å². The van der Waals surface area contributed by atoms with E-state index in [9.17, 15) is 52.6 Å². The van der Waals surface area contributed by atoms with Gasteiger partial charge in [0.15, 0.2) is 0 Å². The number of thiol groups is 2. The maximum absolute atomic E-state index is 10.7. The van der Waals surface area contributed by atoms with Crippen LogP contribution in [-0.4, -0.2) is 52.6 Å². The molecule has 2 aromatic carbocycles. The first kappa shape index (κ1) is 41.2. The monoisotopic (exact) mass is 790 g/mol. The van der Waals surface area contributed by atoms with Crippen molar-refractivity contribution in [3.8, 4) is 0 Å². The Hall–Kier alpha value is 1.67. The molecule has 0 saturated heterocycles. The van der Waals surface area contributed by atoms with E-state index >= 15 is 0 Å². The molecule has 180 valence electrons. The first-order valence-electron chi connectivity index (χ1n) is 6.98. The van der Waals surface area contributed by atoms with Crippen LogP contribution < -0.4 is 0 Å². The molecule has 6 atom stereocenters. The van der Waals surface area contributed by atoms with Crippen molar-refractivity contribution < 1.29 is 111 Å². The fraction of sp³-hybridized carbons (Fsp3) is 0. The molecule has 0 aliphatic carbocycles. The van der Waals surface area contributed by atoms with Gasteiger partial charge in [0.2, 0.25) is 0 Å². The van der Waals surface area contributed by atoms with E-state index in [4.69, 9.17) is 0 Å². The summed E-state index contributed by atoms with van der Waals surface area (Å²) in [6.45, 7) is 0. The van der Waals surface area contributed by atoms with E-state index in [1.165, 1.54) is 0 Å². The Morgan fingerprint density at radius 2 is 0.600 bits per heavy atom. The van der Waals surface area contributed by atoms with Crippen molar-refractivity contribution in [3.05, 3.63) is 24.3 Å². The molecular formula is C12H6O12S8Zn3. The van der Waals surface area contributed by atoms with Crippen LogP contribution in [-0.2, 0) is 125 Å². The number of benzene rings is 2. The smallest absolute Gasteiger partial charge is 0.768 e. The molecule has 0 heterocycles. The molecule has 0 fully saturated rings. The molecule has 2 aromatic rings. The maximum Gasteiger partial charge on any atom is 2.00 e. The molecule has 0 N–H and O–H groups in total. The van der Waals surface area contributed by atoms with Gasteiger partial charge in [0.05, 0.1) is 0 Å². The van der Waals surface area contributed by atoms with Crippen LogP contribution in [0.15, 0.2) is 63.4 Å². The minimum absolute atomic E-state index is 0. The van der Waals surface area contributed by atoms with Gasteiger partial charge >= 0.3 is 58.4 Å². The number of hydrogen-bond donors (Lipinski definition) is 2. The van der Waals surface area contributed by atoms with Gasteiger partial charge in [-0.3, -0.25) is 25.3 Å². The Morgan fingerprint density at radius 1 is 0.429 bits per heavy atom. The predicted octanol–water partition coefficient (Wildman–Crippen LogP) is -0.629. The van der Waals surface area contributed by atoms with Gasteiger partial charge in [-0.25, -0.2) is 0 Å². The summed E-state index contributed by atoms with van der Waals surface area (Å²) in [5, 5.41) is 0. The molecule has 0 aliphatic heterocycles. The molecule has 0 saturated carbocycles. The van der Waals surface area contributed by atoms with E-state index in [-0.39, 0.29) is 68.2 Å². The third-order valence-electron chi connectivity index (χ3n) is 3.13. The van der Waals surface area contributed by atoms with Crippen LogP contribution in [0.4, 0.5) is 0 Å². The quantitative estimate of drug-likeness (QED) is 0.211. The van der Waals surface area contributed by atoms with Gasteiger partial charge < -0.3 is 27.3 Å². The van der Waals surface area contributed by atoms with E-state index in [0.29, 0.717) is 0 Å². The van der Waals surface area contributed by atoms with E-state index < -0.39 is 95.9 Å². The molecular weight excluding hydrogens is 789 g/mol. The fourth-order valence-electron chi connectivity index (χ4n) is 1.82. The molecule has 0 aliphatic rings. The number of rotatable bonds is 6. The first-order chi connectivity index (χ1) is 14.7. The Morgan fingerprint density at radius 3 is 0.714 bits per heavy atom. The average Bonchev–Trinajstić information content (AvgIpc) is 2.67. The second-order valence-electron chi connectivity index (χ2n) is 4.94. The van der Waals surface area contributed by atoms with Crippen LogP contribution in [0.2, 0.25) is 0 Å². The van der Waals surface area contributed by atoms with Crippen molar-refractivity contribution in [2.45, 2.75) is 39.2 Å². The van der Waals surface area contributed by atoms with Crippen LogP contribution in [0, 0.1) is 0 Å². The minimum atomic E-state index is -2.77. The van der Waals surface area contributed by atoms with Gasteiger partial charge in [0.1, 0.15) is 0 Å². The van der Waals surface area contributed by atoms with Crippen LogP contribution in [0.5, 0.6) is 0 Å². The standard InChI is InChI=1S/2C6H6O6S4.3Zn/c2*7-14(8)3-1-4(15(9)10)6(13)5(2-3)16(11)12;;;/h2*1-2,13H,(H,7,8)(H,9,10)(H,11,12);;;/q;;3*+2/p-6. The van der Waals surface area contributed by atoms with E-state index in [2.05, 4.69) is 25.3 Å². The Balaban J connectivity index is -0.000000539. The van der Waals surface area contributed by atoms with Crippen LogP contribution in [0.25, 0.3) is 0 Å². The van der Waals surface area contributed by atoms with Crippen molar-refractivity contribution in [2.75, 3.05) is 0 Å². The molecule has 0 radical (unpaired) electrons. The molecule has 23 heteroatoms. The molecule has 35 heavy (non-hydrogen) atoms. The van der Waals surface area contributed by atoms with E-state index in [1.54, 1.807) is 0 Å². The van der Waals surface area contributed by atoms with Crippen LogP contribution in [0.3, 0.4) is 0 Å². The summed E-state index contributed by atoms with van der Waals surface area (Å²) in [5.41, 5.74) is 0. The Kier molecular flexibility index (Phi) is 22.2. The SMILES string of the molecule is O=S([O-])c1cc(S(=O)[O-])c(S)c(S(=O)[O-])c1.O=S([O-])c1cc(S(=O)[O-])c(S)c(S(=O)[O-])c1.[Zn+2].[Zn+2].[Zn+2]. The first-order valence-corrected chi connectivity index (χ1v) is 14.3. The number of hydrogen-bond acceptors (Lipinski definition) is 14. The van der Waals surface area contributed by atoms with Crippen molar-refractivity contribution in [1.82, 2.24) is 0 Å². The van der Waals surface area contributed by atoms with Crippen molar-refractivity contribution in [3.63, 3.8) is 0 Å². The third-order valence-corrected chi connectivity index (χ3v) is 8.66. The second kappa shape index (κ2) is 18.9. The minimum Gasteiger partial charge on any atom is -0.768 e. The van der Waals surface area contributed by atoms with Gasteiger partial charge in [-0.05, 0) is 90.7 Å². The zero-order valence-corrected chi connectivity index (χ0v) is 32.3. The molecule has 2 rings (SSSR count). The maximum atomic E-state index is 10.7. The molecule has 0 aromatic heterocycles. The normalized spacial score (nSPS) is 15.3. The predicted molar refractivity (Wildman–Crippen MR) is 111 cm³/mol. The van der Waals surface area contributed by atoms with Crippen LogP contribution in [0.1, 0.15) is 0 Å². The van der Waals surface area contributed by atoms with Gasteiger partial charge in [-0.15, -0.1) is 25.3 Å². The largest absolute Gasteiger partial charge is 2.00 e. The fourth-order valence-corrected chi connectivity index (χ4v) is 6.22. The average molecular weight is 795 g/mol. The molecule has 12 nitrogen and oxygen atoms in total. The molecule has 0 amide bonds. The summed E-state index contributed by atoms with van der Waals surface area (Å²) >= 11 is -9.07. The summed E-state index contributed by atoms with van der Waals surface area (Å²) < 4.78 is 128. The zero-order valence-electron chi connectivity index (χ0n) is 16.7. The van der Waals surface area contributed by atoms with E-state index in [0.717, 1.165) is 24.3 Å². The van der Waals surface area contributed by atoms with E-state index in [1.807, 2.05) is 0 Å². The summed E-state index contributed by atoms with van der Waals surface area (Å²) in [7, 11) is 0. The van der Waals surface area contributed by atoms with Crippen molar-refractivity contribution in [2.24, 2.45) is 0 Å². The van der Waals surface area contributed by atoms with Gasteiger partial charge in [0.25, 0.3) is 0 Å². The van der Waals surface area contributed by atoms with Gasteiger partial charge in [-0.2, -0.15) is 0 Å². The Labute approximate surface area is 263 Å². The second-order valence-corrected chi connectivity index (χ2v) is 11.4.